The molecule has 2 aromatic carbocycles. The molecule has 1 saturated heterocycles. The van der Waals surface area contributed by atoms with Gasteiger partial charge in [0.2, 0.25) is 0 Å². The summed E-state index contributed by atoms with van der Waals surface area (Å²) in [5.74, 6) is 1.48. The average molecular weight is 389 g/mol. The number of anilines is 1. The van der Waals surface area contributed by atoms with Crippen molar-refractivity contribution in [2.24, 2.45) is 0 Å². The first kappa shape index (κ1) is 19.4. The van der Waals surface area contributed by atoms with Crippen LogP contribution in [0.15, 0.2) is 48.5 Å². The third-order valence-electron chi connectivity index (χ3n) is 4.75. The van der Waals surface area contributed by atoms with Crippen molar-refractivity contribution in [2.45, 2.75) is 19.4 Å². The topological polar surface area (TPSA) is 42.0 Å². The molecule has 1 fully saturated rings. The van der Waals surface area contributed by atoms with Crippen molar-refractivity contribution < 1.29 is 14.3 Å². The number of methoxy groups -OCH3 is 1. The first-order valence-corrected chi connectivity index (χ1v) is 9.58. The Labute approximate surface area is 165 Å². The lowest BCUT2D eigenvalue weighted by Crippen LogP contribution is -2.52. The lowest BCUT2D eigenvalue weighted by molar-refractivity contribution is -0.139. The molecule has 0 aliphatic carbocycles. The third kappa shape index (κ3) is 4.86. The van der Waals surface area contributed by atoms with Crippen molar-refractivity contribution in [1.82, 2.24) is 4.90 Å². The summed E-state index contributed by atoms with van der Waals surface area (Å²) in [6, 6.07) is 15.1. The van der Waals surface area contributed by atoms with Gasteiger partial charge in [-0.15, -0.1) is 0 Å². The maximum absolute atomic E-state index is 12.9. The van der Waals surface area contributed by atoms with Gasteiger partial charge in [0.05, 0.1) is 7.11 Å². The molecule has 0 aromatic heterocycles. The van der Waals surface area contributed by atoms with Gasteiger partial charge in [-0.1, -0.05) is 24.6 Å². The molecule has 144 valence electrons. The number of carbonyl (C=O) groups is 1. The van der Waals surface area contributed by atoms with E-state index < -0.39 is 6.10 Å². The Balaban J connectivity index is 1.58. The normalized spacial score (nSPS) is 15.4. The summed E-state index contributed by atoms with van der Waals surface area (Å²) in [7, 11) is 1.62. The Kier molecular flexibility index (Phi) is 6.45. The quantitative estimate of drug-likeness (QED) is 0.753. The molecular weight excluding hydrogens is 364 g/mol. The molecule has 27 heavy (non-hydrogen) atoms. The maximum atomic E-state index is 12.9. The smallest absolute Gasteiger partial charge is 0.263 e. The second-order valence-electron chi connectivity index (χ2n) is 6.48. The molecule has 0 saturated carbocycles. The zero-order valence-electron chi connectivity index (χ0n) is 15.7. The summed E-state index contributed by atoms with van der Waals surface area (Å²) in [4.78, 5) is 17.0. The van der Waals surface area contributed by atoms with E-state index in [-0.39, 0.29) is 5.91 Å². The lowest BCUT2D eigenvalue weighted by atomic mass is 10.2. The van der Waals surface area contributed by atoms with Gasteiger partial charge >= 0.3 is 0 Å². The molecule has 1 aliphatic heterocycles. The third-order valence-corrected chi connectivity index (χ3v) is 4.98. The maximum Gasteiger partial charge on any atom is 0.263 e. The van der Waals surface area contributed by atoms with Gasteiger partial charge < -0.3 is 19.3 Å². The van der Waals surface area contributed by atoms with Crippen molar-refractivity contribution in [1.29, 1.82) is 0 Å². The monoisotopic (exact) mass is 388 g/mol. The molecule has 6 heteroatoms. The van der Waals surface area contributed by atoms with Crippen LogP contribution in [0.1, 0.15) is 13.3 Å². The summed E-state index contributed by atoms with van der Waals surface area (Å²) < 4.78 is 11.1. The van der Waals surface area contributed by atoms with Crippen LogP contribution in [0.3, 0.4) is 0 Å². The molecular formula is C21H25ClN2O3. The van der Waals surface area contributed by atoms with Crippen LogP contribution in [0.2, 0.25) is 5.02 Å². The van der Waals surface area contributed by atoms with Crippen LogP contribution < -0.4 is 14.4 Å². The van der Waals surface area contributed by atoms with E-state index in [0.717, 1.165) is 29.5 Å². The van der Waals surface area contributed by atoms with E-state index >= 15 is 0 Å². The summed E-state index contributed by atoms with van der Waals surface area (Å²) in [6.07, 6.45) is 0.149. The number of hydrogen-bond donors (Lipinski definition) is 0. The fourth-order valence-electron chi connectivity index (χ4n) is 3.19. The molecule has 0 bridgehead atoms. The molecule has 3 rings (SSSR count). The number of ether oxygens (including phenoxy) is 2. The number of nitrogens with zero attached hydrogens (tertiary/aromatic N) is 2. The van der Waals surface area contributed by atoms with E-state index in [1.807, 2.05) is 60.4 Å². The molecule has 0 unspecified atom stereocenters. The first-order chi connectivity index (χ1) is 13.1. The van der Waals surface area contributed by atoms with Crippen molar-refractivity contribution in [3.05, 3.63) is 53.6 Å². The Bertz CT molecular complexity index is 758. The van der Waals surface area contributed by atoms with Crippen LogP contribution in [-0.2, 0) is 4.79 Å². The van der Waals surface area contributed by atoms with Crippen LogP contribution in [0.25, 0.3) is 0 Å². The fourth-order valence-corrected chi connectivity index (χ4v) is 3.37. The van der Waals surface area contributed by atoms with Crippen LogP contribution in [0, 0.1) is 0 Å². The predicted molar refractivity (Wildman–Crippen MR) is 108 cm³/mol. The highest BCUT2D eigenvalue weighted by Gasteiger charge is 2.28. The van der Waals surface area contributed by atoms with E-state index in [1.54, 1.807) is 7.11 Å². The van der Waals surface area contributed by atoms with E-state index in [4.69, 9.17) is 21.1 Å². The van der Waals surface area contributed by atoms with Gasteiger partial charge in [0.1, 0.15) is 11.5 Å². The summed E-state index contributed by atoms with van der Waals surface area (Å²) in [5, 5.41) is 0.727. The summed E-state index contributed by atoms with van der Waals surface area (Å²) >= 11 is 6.08. The highest BCUT2D eigenvalue weighted by Crippen LogP contribution is 2.22. The number of hydrogen-bond acceptors (Lipinski definition) is 4. The van der Waals surface area contributed by atoms with E-state index in [1.165, 1.54) is 0 Å². The number of benzene rings is 2. The van der Waals surface area contributed by atoms with Crippen LogP contribution in [0.5, 0.6) is 11.5 Å². The van der Waals surface area contributed by atoms with Crippen molar-refractivity contribution >= 4 is 23.2 Å². The van der Waals surface area contributed by atoms with Gasteiger partial charge in [0.25, 0.3) is 5.91 Å². The average Bonchev–Trinajstić information content (AvgIpc) is 2.72. The van der Waals surface area contributed by atoms with E-state index in [0.29, 0.717) is 25.3 Å². The van der Waals surface area contributed by atoms with Crippen molar-refractivity contribution in [2.75, 3.05) is 38.2 Å². The number of halogens is 1. The van der Waals surface area contributed by atoms with Gasteiger partial charge in [-0.2, -0.15) is 0 Å². The highest BCUT2D eigenvalue weighted by atomic mass is 35.5. The standard InChI is InChI=1S/C21H25ClN2O3/c1-3-20(27-19-9-7-18(26-2)8-10-19)21(25)24-13-11-23(12-14-24)17-6-4-5-16(22)15-17/h4-10,15,20H,3,11-14H2,1-2H3/t20-/m0/s1. The van der Waals surface area contributed by atoms with E-state index in [9.17, 15) is 4.79 Å². The molecule has 0 spiro atoms. The molecule has 0 N–H and O–H groups in total. The molecule has 0 radical (unpaired) electrons. The van der Waals surface area contributed by atoms with Gasteiger partial charge in [0, 0.05) is 36.9 Å². The predicted octanol–water partition coefficient (Wildman–Crippen LogP) is 3.85. The Hall–Kier alpha value is -2.40. The number of piperazine rings is 1. The molecule has 1 heterocycles. The Morgan fingerprint density at radius 2 is 1.74 bits per heavy atom. The van der Waals surface area contributed by atoms with Gasteiger partial charge in [-0.25, -0.2) is 0 Å². The number of amides is 1. The second-order valence-corrected chi connectivity index (χ2v) is 6.92. The first-order valence-electron chi connectivity index (χ1n) is 9.20. The van der Waals surface area contributed by atoms with Gasteiger partial charge in [-0.3, -0.25) is 4.79 Å². The second kappa shape index (κ2) is 9.00. The number of carbonyl (C=O) groups excluding carboxylic acids is 1. The SMILES string of the molecule is CC[C@H](Oc1ccc(OC)cc1)C(=O)N1CCN(c2cccc(Cl)c2)CC1. The molecule has 5 nitrogen and oxygen atoms in total. The largest absolute Gasteiger partial charge is 0.497 e. The molecule has 2 aromatic rings. The fraction of sp³-hybridized carbons (Fsp3) is 0.381. The van der Waals surface area contributed by atoms with E-state index in [2.05, 4.69) is 4.90 Å². The van der Waals surface area contributed by atoms with Crippen LogP contribution >= 0.6 is 11.6 Å². The lowest BCUT2D eigenvalue weighted by Gasteiger charge is -2.37. The zero-order valence-corrected chi connectivity index (χ0v) is 16.5. The minimum Gasteiger partial charge on any atom is -0.497 e. The van der Waals surface area contributed by atoms with Crippen molar-refractivity contribution in [3.63, 3.8) is 0 Å². The minimum atomic E-state index is -0.476. The van der Waals surface area contributed by atoms with Gasteiger partial charge in [0.15, 0.2) is 6.10 Å². The highest BCUT2D eigenvalue weighted by molar-refractivity contribution is 6.30. The summed E-state index contributed by atoms with van der Waals surface area (Å²) in [5.41, 5.74) is 1.09. The van der Waals surface area contributed by atoms with Crippen LogP contribution in [-0.4, -0.2) is 50.2 Å². The molecule has 1 amide bonds. The van der Waals surface area contributed by atoms with Crippen LogP contribution in [0.4, 0.5) is 5.69 Å². The minimum absolute atomic E-state index is 0.0408. The summed E-state index contributed by atoms with van der Waals surface area (Å²) in [6.45, 7) is 4.88. The Morgan fingerprint density at radius 3 is 2.33 bits per heavy atom. The molecule has 1 atom stereocenters. The molecule has 1 aliphatic rings. The Morgan fingerprint density at radius 1 is 1.07 bits per heavy atom. The van der Waals surface area contributed by atoms with Gasteiger partial charge in [-0.05, 0) is 48.9 Å². The van der Waals surface area contributed by atoms with Crippen molar-refractivity contribution in [3.8, 4) is 11.5 Å². The number of rotatable bonds is 6. The zero-order chi connectivity index (χ0) is 19.2.